The van der Waals surface area contributed by atoms with Crippen LogP contribution in [0.2, 0.25) is 0 Å². The van der Waals surface area contributed by atoms with Crippen LogP contribution in [0.25, 0.3) is 0 Å². The van der Waals surface area contributed by atoms with Crippen LogP contribution < -0.4 is 22.3 Å². The van der Waals surface area contributed by atoms with E-state index < -0.39 is 41.7 Å². The van der Waals surface area contributed by atoms with Gasteiger partial charge in [0.2, 0.25) is 0 Å². The molecule has 0 unspecified atom stereocenters. The predicted octanol–water partition coefficient (Wildman–Crippen LogP) is -3.38. The molecule has 0 bridgehead atoms. The Morgan fingerprint density at radius 2 is 2.14 bits per heavy atom. The Morgan fingerprint density at radius 3 is 2.77 bits per heavy atom. The van der Waals surface area contributed by atoms with Gasteiger partial charge in [-0.15, -0.1) is 0 Å². The Balaban J connectivity index is 2.14. The van der Waals surface area contributed by atoms with E-state index in [1.54, 1.807) is 0 Å². The summed E-state index contributed by atoms with van der Waals surface area (Å²) >= 11 is 0. The molecule has 0 aliphatic carbocycles. The molecule has 0 radical (unpaired) electrons. The SMILES string of the molecule is NCCCNC(=O)[C@H]1O[C@@H](n2ccc(=O)[nH]c2=O)[C@H](O)[C@@H]1O. The Labute approximate surface area is 124 Å². The van der Waals surface area contributed by atoms with Crippen LogP contribution in [0.5, 0.6) is 0 Å². The minimum Gasteiger partial charge on any atom is -0.387 e. The highest BCUT2D eigenvalue weighted by Crippen LogP contribution is 2.28. The minimum absolute atomic E-state index is 0.307. The molecule has 1 aromatic rings. The normalized spacial score (nSPS) is 27.8. The van der Waals surface area contributed by atoms with E-state index in [1.165, 1.54) is 0 Å². The highest BCUT2D eigenvalue weighted by molar-refractivity contribution is 5.81. The first-order chi connectivity index (χ1) is 10.5. The van der Waals surface area contributed by atoms with Crippen LogP contribution in [0.4, 0.5) is 0 Å². The average molecular weight is 314 g/mol. The molecule has 1 saturated heterocycles. The van der Waals surface area contributed by atoms with Crippen LogP contribution in [0.3, 0.4) is 0 Å². The van der Waals surface area contributed by atoms with Crippen LogP contribution in [0.1, 0.15) is 12.6 Å². The van der Waals surface area contributed by atoms with Crippen molar-refractivity contribution in [2.45, 2.75) is 31.0 Å². The van der Waals surface area contributed by atoms with Gasteiger partial charge in [0.25, 0.3) is 11.5 Å². The van der Waals surface area contributed by atoms with Gasteiger partial charge in [0.1, 0.15) is 12.2 Å². The summed E-state index contributed by atoms with van der Waals surface area (Å²) in [7, 11) is 0. The number of hydrogen-bond donors (Lipinski definition) is 5. The molecule has 1 fully saturated rings. The summed E-state index contributed by atoms with van der Waals surface area (Å²) in [4.78, 5) is 36.6. The van der Waals surface area contributed by atoms with Crippen molar-refractivity contribution in [1.29, 1.82) is 0 Å². The number of hydrogen-bond acceptors (Lipinski definition) is 7. The molecule has 1 amide bonds. The summed E-state index contributed by atoms with van der Waals surface area (Å²) in [5.41, 5.74) is 3.89. The lowest BCUT2D eigenvalue weighted by Crippen LogP contribution is -2.43. The molecule has 0 aromatic carbocycles. The van der Waals surface area contributed by atoms with E-state index in [4.69, 9.17) is 10.5 Å². The molecule has 1 aliphatic heterocycles. The standard InChI is InChI=1S/C12H18N4O6/c13-3-1-4-14-10(20)9-7(18)8(19)11(22-9)16-5-2-6(17)15-12(16)21/h2,5,7-9,11,18-19H,1,3-4,13H2,(H,14,20)(H,15,17,21)/t7-,8+,9-,11+/m0/s1. The van der Waals surface area contributed by atoms with Gasteiger partial charge in [0.15, 0.2) is 12.3 Å². The van der Waals surface area contributed by atoms with Crippen molar-refractivity contribution < 1.29 is 19.7 Å². The number of H-pyrrole nitrogens is 1. The number of ether oxygens (including phenoxy) is 1. The van der Waals surface area contributed by atoms with Crippen LogP contribution in [-0.4, -0.2) is 57.1 Å². The summed E-state index contributed by atoms with van der Waals surface area (Å²) < 4.78 is 6.19. The number of nitrogens with two attached hydrogens (primary N) is 1. The van der Waals surface area contributed by atoms with Gasteiger partial charge in [-0.25, -0.2) is 4.79 Å². The highest BCUT2D eigenvalue weighted by Gasteiger charge is 2.47. The Hall–Kier alpha value is -2.01. The van der Waals surface area contributed by atoms with E-state index in [-0.39, 0.29) is 0 Å². The van der Waals surface area contributed by atoms with Crippen molar-refractivity contribution in [3.8, 4) is 0 Å². The zero-order chi connectivity index (χ0) is 16.3. The fourth-order valence-electron chi connectivity index (χ4n) is 2.15. The number of amides is 1. The number of nitrogens with one attached hydrogen (secondary N) is 2. The second kappa shape index (κ2) is 6.83. The first kappa shape index (κ1) is 16.4. The quantitative estimate of drug-likeness (QED) is 0.354. The number of carbonyl (C=O) groups excluding carboxylic acids is 1. The number of aliphatic hydroxyl groups is 2. The van der Waals surface area contributed by atoms with Gasteiger partial charge >= 0.3 is 5.69 Å². The zero-order valence-electron chi connectivity index (χ0n) is 11.6. The lowest BCUT2D eigenvalue weighted by molar-refractivity contribution is -0.137. The summed E-state index contributed by atoms with van der Waals surface area (Å²) in [5.74, 6) is -0.611. The number of nitrogens with zero attached hydrogens (tertiary/aromatic N) is 1. The Morgan fingerprint density at radius 1 is 1.41 bits per heavy atom. The van der Waals surface area contributed by atoms with Crippen LogP contribution >= 0.6 is 0 Å². The second-order valence-electron chi connectivity index (χ2n) is 4.88. The fraction of sp³-hybridized carbons (Fsp3) is 0.583. The Kier molecular flexibility index (Phi) is 5.08. The number of rotatable bonds is 5. The van der Waals surface area contributed by atoms with Crippen molar-refractivity contribution >= 4 is 5.91 Å². The van der Waals surface area contributed by atoms with Crippen molar-refractivity contribution in [2.75, 3.05) is 13.1 Å². The van der Waals surface area contributed by atoms with Crippen molar-refractivity contribution in [1.82, 2.24) is 14.9 Å². The number of carbonyl (C=O) groups is 1. The van der Waals surface area contributed by atoms with E-state index in [1.807, 2.05) is 4.98 Å². The number of aromatic nitrogens is 2. The molecule has 2 heterocycles. The smallest absolute Gasteiger partial charge is 0.330 e. The lowest BCUT2D eigenvalue weighted by Gasteiger charge is -2.16. The largest absolute Gasteiger partial charge is 0.387 e. The summed E-state index contributed by atoms with van der Waals surface area (Å²) in [5, 5.41) is 22.4. The second-order valence-corrected chi connectivity index (χ2v) is 4.88. The highest BCUT2D eigenvalue weighted by atomic mass is 16.6. The number of aromatic amines is 1. The van der Waals surface area contributed by atoms with E-state index in [2.05, 4.69) is 5.32 Å². The monoisotopic (exact) mass is 314 g/mol. The first-order valence-corrected chi connectivity index (χ1v) is 6.76. The molecule has 2 rings (SSSR count). The molecule has 10 heteroatoms. The Bertz CT molecular complexity index is 641. The first-order valence-electron chi connectivity index (χ1n) is 6.76. The third-order valence-electron chi connectivity index (χ3n) is 3.30. The average Bonchev–Trinajstić information content (AvgIpc) is 2.76. The van der Waals surface area contributed by atoms with E-state index in [0.29, 0.717) is 19.5 Å². The third kappa shape index (κ3) is 3.25. The molecule has 4 atom stereocenters. The van der Waals surface area contributed by atoms with Gasteiger partial charge < -0.3 is 26.0 Å². The fourth-order valence-corrected chi connectivity index (χ4v) is 2.15. The molecular weight excluding hydrogens is 296 g/mol. The molecule has 122 valence electrons. The summed E-state index contributed by atoms with van der Waals surface area (Å²) in [6.07, 6.45) is -3.91. The topological polar surface area (TPSA) is 160 Å². The number of aliphatic hydroxyl groups excluding tert-OH is 2. The predicted molar refractivity (Wildman–Crippen MR) is 73.9 cm³/mol. The van der Waals surface area contributed by atoms with Crippen LogP contribution in [-0.2, 0) is 9.53 Å². The molecule has 6 N–H and O–H groups in total. The van der Waals surface area contributed by atoms with Crippen molar-refractivity contribution in [3.63, 3.8) is 0 Å². The maximum atomic E-state index is 11.9. The van der Waals surface area contributed by atoms with Gasteiger partial charge in [-0.1, -0.05) is 0 Å². The van der Waals surface area contributed by atoms with E-state index >= 15 is 0 Å². The molecule has 22 heavy (non-hydrogen) atoms. The molecule has 10 nitrogen and oxygen atoms in total. The lowest BCUT2D eigenvalue weighted by atomic mass is 10.1. The van der Waals surface area contributed by atoms with Gasteiger partial charge in [-0.3, -0.25) is 19.1 Å². The third-order valence-corrected chi connectivity index (χ3v) is 3.30. The molecule has 1 aromatic heterocycles. The van der Waals surface area contributed by atoms with Crippen molar-refractivity contribution in [3.05, 3.63) is 33.1 Å². The maximum Gasteiger partial charge on any atom is 0.330 e. The molecule has 0 spiro atoms. The van der Waals surface area contributed by atoms with Gasteiger partial charge in [-0.05, 0) is 13.0 Å². The van der Waals surface area contributed by atoms with Gasteiger partial charge in [0, 0.05) is 18.8 Å². The van der Waals surface area contributed by atoms with Gasteiger partial charge in [0.05, 0.1) is 0 Å². The van der Waals surface area contributed by atoms with E-state index in [0.717, 1.165) is 16.8 Å². The van der Waals surface area contributed by atoms with Gasteiger partial charge in [-0.2, -0.15) is 0 Å². The van der Waals surface area contributed by atoms with Crippen molar-refractivity contribution in [2.24, 2.45) is 5.73 Å². The van der Waals surface area contributed by atoms with Crippen LogP contribution in [0.15, 0.2) is 21.9 Å². The van der Waals surface area contributed by atoms with E-state index in [9.17, 15) is 24.6 Å². The molecular formula is C12H18N4O6. The molecule has 0 saturated carbocycles. The zero-order valence-corrected chi connectivity index (χ0v) is 11.6. The maximum absolute atomic E-state index is 11.9. The summed E-state index contributed by atoms with van der Waals surface area (Å²) in [6, 6.07) is 1.07. The molecule has 1 aliphatic rings. The minimum atomic E-state index is -1.50. The van der Waals surface area contributed by atoms with Crippen LogP contribution in [0, 0.1) is 0 Å². The summed E-state index contributed by atoms with van der Waals surface area (Å²) in [6.45, 7) is 0.702.